The van der Waals surface area contributed by atoms with E-state index in [1.807, 2.05) is 11.3 Å². The first kappa shape index (κ1) is 15.8. The highest BCUT2D eigenvalue weighted by molar-refractivity contribution is 7.15. The van der Waals surface area contributed by atoms with Gasteiger partial charge in [-0.2, -0.15) is 0 Å². The van der Waals surface area contributed by atoms with Crippen molar-refractivity contribution in [3.63, 3.8) is 0 Å². The van der Waals surface area contributed by atoms with Crippen molar-refractivity contribution in [2.45, 2.75) is 19.0 Å². The number of piperazine rings is 1. The summed E-state index contributed by atoms with van der Waals surface area (Å²) in [6, 6.07) is 15.0. The summed E-state index contributed by atoms with van der Waals surface area (Å²) in [6.07, 6.45) is 0.851. The van der Waals surface area contributed by atoms with Crippen LogP contribution in [0.25, 0.3) is 10.4 Å². The molecule has 3 heterocycles. The van der Waals surface area contributed by atoms with Gasteiger partial charge >= 0.3 is 5.97 Å². The first-order valence-corrected chi connectivity index (χ1v) is 9.38. The molecule has 2 fully saturated rings. The van der Waals surface area contributed by atoms with Crippen LogP contribution in [0.15, 0.2) is 42.5 Å². The van der Waals surface area contributed by atoms with Gasteiger partial charge in [-0.3, -0.25) is 14.6 Å². The van der Waals surface area contributed by atoms with Gasteiger partial charge in [0.1, 0.15) is 6.04 Å². The summed E-state index contributed by atoms with van der Waals surface area (Å²) in [4.78, 5) is 19.2. The average molecular weight is 342 g/mol. The predicted molar refractivity (Wildman–Crippen MR) is 96.0 cm³/mol. The zero-order valence-electron chi connectivity index (χ0n) is 13.7. The van der Waals surface area contributed by atoms with E-state index in [9.17, 15) is 4.79 Å². The molecule has 24 heavy (non-hydrogen) atoms. The van der Waals surface area contributed by atoms with E-state index < -0.39 is 0 Å². The summed E-state index contributed by atoms with van der Waals surface area (Å²) < 4.78 is 5.09. The molecule has 4 rings (SSSR count). The van der Waals surface area contributed by atoms with Gasteiger partial charge < -0.3 is 4.74 Å². The number of hydrogen-bond acceptors (Lipinski definition) is 5. The van der Waals surface area contributed by atoms with Gasteiger partial charge in [0.2, 0.25) is 0 Å². The highest BCUT2D eigenvalue weighted by Gasteiger charge is 2.33. The number of carbonyl (C=O) groups excluding carboxylic acids is 1. The lowest BCUT2D eigenvalue weighted by Gasteiger charge is -2.36. The fraction of sp³-hybridized carbons (Fsp3) is 0.421. The van der Waals surface area contributed by atoms with Gasteiger partial charge in [-0.15, -0.1) is 11.3 Å². The average Bonchev–Trinajstić information content (AvgIpc) is 3.26. The van der Waals surface area contributed by atoms with Crippen molar-refractivity contribution in [2.75, 3.05) is 32.8 Å². The number of carbonyl (C=O) groups is 1. The minimum absolute atomic E-state index is 0.00132. The highest BCUT2D eigenvalue weighted by Crippen LogP contribution is 2.29. The summed E-state index contributed by atoms with van der Waals surface area (Å²) >= 11 is 1.88. The summed E-state index contributed by atoms with van der Waals surface area (Å²) in [6.45, 7) is 5.53. The standard InChI is InChI=1S/C19H22N2O2S/c22-19-17(8-13-23-19)21-11-9-20(10-12-21)14-16-6-7-18(24-16)15-4-2-1-3-5-15/h1-7,17H,8-14H2. The molecule has 126 valence electrons. The lowest BCUT2D eigenvalue weighted by Crippen LogP contribution is -2.51. The van der Waals surface area contributed by atoms with E-state index in [4.69, 9.17) is 4.74 Å². The number of hydrogen-bond donors (Lipinski definition) is 0. The molecule has 0 spiro atoms. The van der Waals surface area contributed by atoms with Crippen LogP contribution < -0.4 is 0 Å². The van der Waals surface area contributed by atoms with E-state index in [2.05, 4.69) is 52.3 Å². The van der Waals surface area contributed by atoms with Crippen molar-refractivity contribution < 1.29 is 9.53 Å². The Bertz CT molecular complexity index is 692. The van der Waals surface area contributed by atoms with Crippen molar-refractivity contribution in [3.05, 3.63) is 47.3 Å². The molecular weight excluding hydrogens is 320 g/mol. The molecule has 0 bridgehead atoms. The van der Waals surface area contributed by atoms with Crippen molar-refractivity contribution in [1.29, 1.82) is 0 Å². The second-order valence-corrected chi connectivity index (χ2v) is 7.58. The smallest absolute Gasteiger partial charge is 0.323 e. The Labute approximate surface area is 146 Å². The van der Waals surface area contributed by atoms with E-state index in [0.29, 0.717) is 6.61 Å². The minimum atomic E-state index is -0.0331. The third-order valence-electron chi connectivity index (χ3n) is 4.85. The van der Waals surface area contributed by atoms with Crippen molar-refractivity contribution in [1.82, 2.24) is 9.80 Å². The summed E-state index contributed by atoms with van der Waals surface area (Å²) in [5.41, 5.74) is 1.29. The molecule has 0 radical (unpaired) electrons. The van der Waals surface area contributed by atoms with Crippen LogP contribution in [0.5, 0.6) is 0 Å². The Hall–Kier alpha value is -1.69. The maximum atomic E-state index is 11.7. The van der Waals surface area contributed by atoms with Gasteiger partial charge in [-0.25, -0.2) is 0 Å². The molecule has 4 nitrogen and oxygen atoms in total. The molecule has 2 aliphatic heterocycles. The molecule has 2 aliphatic rings. The third kappa shape index (κ3) is 3.38. The van der Waals surface area contributed by atoms with E-state index in [1.54, 1.807) is 0 Å². The van der Waals surface area contributed by atoms with Crippen LogP contribution in [0, 0.1) is 0 Å². The summed E-state index contributed by atoms with van der Waals surface area (Å²) in [5.74, 6) is -0.0331. The lowest BCUT2D eigenvalue weighted by atomic mass is 10.2. The number of nitrogens with zero attached hydrogens (tertiary/aromatic N) is 2. The molecule has 1 aromatic heterocycles. The molecule has 1 unspecified atom stereocenters. The third-order valence-corrected chi connectivity index (χ3v) is 5.97. The van der Waals surface area contributed by atoms with Crippen LogP contribution in [0.4, 0.5) is 0 Å². The quantitative estimate of drug-likeness (QED) is 0.800. The second kappa shape index (κ2) is 7.05. The first-order valence-electron chi connectivity index (χ1n) is 8.57. The number of benzene rings is 1. The van der Waals surface area contributed by atoms with Crippen LogP contribution in [0.3, 0.4) is 0 Å². The van der Waals surface area contributed by atoms with E-state index in [1.165, 1.54) is 15.3 Å². The molecule has 0 aliphatic carbocycles. The van der Waals surface area contributed by atoms with Gasteiger partial charge in [0.05, 0.1) is 6.61 Å². The number of esters is 1. The number of rotatable bonds is 4. The van der Waals surface area contributed by atoms with Crippen LogP contribution in [-0.4, -0.2) is 54.6 Å². The van der Waals surface area contributed by atoms with Crippen molar-refractivity contribution in [3.8, 4) is 10.4 Å². The largest absolute Gasteiger partial charge is 0.464 e. The first-order chi connectivity index (χ1) is 11.8. The molecule has 1 aromatic carbocycles. The van der Waals surface area contributed by atoms with Gasteiger partial charge in [0, 0.05) is 48.9 Å². The maximum Gasteiger partial charge on any atom is 0.323 e. The molecule has 0 N–H and O–H groups in total. The Morgan fingerprint density at radius 1 is 1.04 bits per heavy atom. The second-order valence-electron chi connectivity index (χ2n) is 6.42. The normalized spacial score (nSPS) is 22.7. The summed E-state index contributed by atoms with van der Waals surface area (Å²) in [7, 11) is 0. The van der Waals surface area contributed by atoms with E-state index in [-0.39, 0.29) is 12.0 Å². The highest BCUT2D eigenvalue weighted by atomic mass is 32.1. The predicted octanol–water partition coefficient (Wildman–Crippen LogP) is 2.85. The van der Waals surface area contributed by atoms with Crippen molar-refractivity contribution >= 4 is 17.3 Å². The Balaban J connectivity index is 1.33. The molecule has 0 saturated carbocycles. The molecule has 5 heteroatoms. The lowest BCUT2D eigenvalue weighted by molar-refractivity contribution is -0.142. The fourth-order valence-electron chi connectivity index (χ4n) is 3.49. The molecular formula is C19H22N2O2S. The van der Waals surface area contributed by atoms with Crippen LogP contribution in [-0.2, 0) is 16.1 Å². The van der Waals surface area contributed by atoms with Crippen LogP contribution >= 0.6 is 11.3 Å². The SMILES string of the molecule is O=C1OCCC1N1CCN(Cc2ccc(-c3ccccc3)s2)CC1. The fourth-order valence-corrected chi connectivity index (χ4v) is 4.55. The van der Waals surface area contributed by atoms with E-state index in [0.717, 1.165) is 39.1 Å². The monoisotopic (exact) mass is 342 g/mol. The topological polar surface area (TPSA) is 32.8 Å². The molecule has 2 aromatic rings. The molecule has 0 amide bonds. The van der Waals surface area contributed by atoms with Gasteiger partial charge in [-0.05, 0) is 17.7 Å². The van der Waals surface area contributed by atoms with Gasteiger partial charge in [0.25, 0.3) is 0 Å². The Morgan fingerprint density at radius 3 is 2.54 bits per heavy atom. The molecule has 1 atom stereocenters. The maximum absolute atomic E-state index is 11.7. The zero-order valence-corrected chi connectivity index (χ0v) is 14.5. The van der Waals surface area contributed by atoms with Crippen molar-refractivity contribution in [2.24, 2.45) is 0 Å². The van der Waals surface area contributed by atoms with Crippen LogP contribution in [0.1, 0.15) is 11.3 Å². The minimum Gasteiger partial charge on any atom is -0.464 e. The Morgan fingerprint density at radius 2 is 1.83 bits per heavy atom. The number of thiophene rings is 1. The molecule has 2 saturated heterocycles. The van der Waals surface area contributed by atoms with Gasteiger partial charge in [0.15, 0.2) is 0 Å². The zero-order chi connectivity index (χ0) is 16.4. The van der Waals surface area contributed by atoms with Gasteiger partial charge in [-0.1, -0.05) is 30.3 Å². The number of cyclic esters (lactones) is 1. The number of ether oxygens (including phenoxy) is 1. The van der Waals surface area contributed by atoms with Crippen LogP contribution in [0.2, 0.25) is 0 Å². The summed E-state index contributed by atoms with van der Waals surface area (Å²) in [5, 5.41) is 0. The van der Waals surface area contributed by atoms with E-state index >= 15 is 0 Å². The Kier molecular flexibility index (Phi) is 4.65.